The van der Waals surface area contributed by atoms with Crippen LogP contribution in [0.2, 0.25) is 0 Å². The smallest absolute Gasteiger partial charge is 0.222 e. The van der Waals surface area contributed by atoms with Crippen molar-refractivity contribution in [3.05, 3.63) is 53.6 Å². The van der Waals surface area contributed by atoms with Gasteiger partial charge in [0.1, 0.15) is 16.8 Å². The standard InChI is InChI=1S/C30H40N6O3/c1-3-6-22(18-37)33-29-28-27(34-30(31)35-29)24-7-4-5-8-25(24)36(28)17-20-15-19(9-14-26(20)39-2)16-32-21-10-12-23(38)13-11-21/h4-5,7-9,14-15,21-23,32,37-38H,3,6,10-13,16-18H2,1-2H3,(H3,31,33,34,35)/t21?,22-,23?/m0/s1. The number of ether oxygens (including phenoxy) is 1. The summed E-state index contributed by atoms with van der Waals surface area (Å²) in [5.74, 6) is 1.63. The Hall–Kier alpha value is -3.40. The molecule has 9 nitrogen and oxygen atoms in total. The molecule has 2 aromatic heterocycles. The average Bonchev–Trinajstić information content (AvgIpc) is 3.25. The summed E-state index contributed by atoms with van der Waals surface area (Å²) in [5.41, 5.74) is 11.1. The molecule has 0 unspecified atom stereocenters. The zero-order chi connectivity index (χ0) is 27.4. The molecule has 208 valence electrons. The minimum absolute atomic E-state index is 0.00227. The van der Waals surface area contributed by atoms with E-state index in [1.165, 1.54) is 5.56 Å². The number of nitrogens with one attached hydrogen (secondary N) is 2. The van der Waals surface area contributed by atoms with Crippen molar-refractivity contribution < 1.29 is 14.9 Å². The first-order chi connectivity index (χ1) is 19.0. The van der Waals surface area contributed by atoms with E-state index in [9.17, 15) is 10.2 Å². The van der Waals surface area contributed by atoms with E-state index in [1.807, 2.05) is 18.2 Å². The van der Waals surface area contributed by atoms with Gasteiger partial charge in [0.2, 0.25) is 5.95 Å². The van der Waals surface area contributed by atoms with Crippen LogP contribution in [0.4, 0.5) is 11.8 Å². The van der Waals surface area contributed by atoms with E-state index in [4.69, 9.17) is 10.5 Å². The first-order valence-corrected chi connectivity index (χ1v) is 14.0. The second-order valence-electron chi connectivity index (χ2n) is 10.6. The van der Waals surface area contributed by atoms with Crippen LogP contribution < -0.4 is 21.1 Å². The summed E-state index contributed by atoms with van der Waals surface area (Å²) in [7, 11) is 1.70. The Bertz CT molecular complexity index is 1410. The summed E-state index contributed by atoms with van der Waals surface area (Å²) in [4.78, 5) is 9.22. The molecule has 2 aromatic carbocycles. The van der Waals surface area contributed by atoms with Gasteiger partial charge in [0.25, 0.3) is 0 Å². The second-order valence-corrected chi connectivity index (χ2v) is 10.6. The number of nitrogens with zero attached hydrogens (tertiary/aromatic N) is 3. The van der Waals surface area contributed by atoms with Gasteiger partial charge in [-0.25, -0.2) is 4.98 Å². The zero-order valence-corrected chi connectivity index (χ0v) is 22.9. The van der Waals surface area contributed by atoms with Crippen LogP contribution >= 0.6 is 0 Å². The lowest BCUT2D eigenvalue weighted by atomic mass is 9.93. The Balaban J connectivity index is 1.53. The molecule has 0 saturated heterocycles. The summed E-state index contributed by atoms with van der Waals surface area (Å²) >= 11 is 0. The number of hydrogen-bond donors (Lipinski definition) is 5. The van der Waals surface area contributed by atoms with Crippen molar-refractivity contribution in [2.24, 2.45) is 0 Å². The van der Waals surface area contributed by atoms with Crippen LogP contribution in [0.25, 0.3) is 21.9 Å². The van der Waals surface area contributed by atoms with E-state index < -0.39 is 0 Å². The molecule has 1 aliphatic carbocycles. The number of nitrogen functional groups attached to an aromatic ring is 1. The van der Waals surface area contributed by atoms with E-state index >= 15 is 0 Å². The largest absolute Gasteiger partial charge is 0.496 e. The van der Waals surface area contributed by atoms with Crippen LogP contribution in [-0.4, -0.2) is 56.7 Å². The second kappa shape index (κ2) is 12.2. The lowest BCUT2D eigenvalue weighted by Gasteiger charge is -2.26. The number of nitrogens with two attached hydrogens (primary N) is 1. The molecule has 4 aromatic rings. The molecule has 1 fully saturated rings. The maximum atomic E-state index is 9.98. The number of methoxy groups -OCH3 is 1. The molecule has 39 heavy (non-hydrogen) atoms. The van der Waals surface area contributed by atoms with E-state index in [2.05, 4.69) is 56.4 Å². The monoisotopic (exact) mass is 532 g/mol. The molecule has 6 N–H and O–H groups in total. The minimum Gasteiger partial charge on any atom is -0.496 e. The molecule has 0 amide bonds. The number of aliphatic hydroxyl groups excluding tert-OH is 2. The number of anilines is 2. The summed E-state index contributed by atoms with van der Waals surface area (Å²) in [5, 5.41) is 27.9. The fraction of sp³-hybridized carbons (Fsp3) is 0.467. The van der Waals surface area contributed by atoms with Crippen LogP contribution in [0, 0.1) is 0 Å². The third-order valence-electron chi connectivity index (χ3n) is 7.78. The maximum absolute atomic E-state index is 9.98. The molecule has 1 saturated carbocycles. The molecule has 5 rings (SSSR count). The minimum atomic E-state index is -0.157. The molecule has 0 bridgehead atoms. The normalized spacial score (nSPS) is 18.5. The first-order valence-electron chi connectivity index (χ1n) is 14.0. The third-order valence-corrected chi connectivity index (χ3v) is 7.78. The van der Waals surface area contributed by atoms with E-state index in [1.54, 1.807) is 7.11 Å². The number of aliphatic hydroxyl groups is 2. The Morgan fingerprint density at radius 1 is 1.13 bits per heavy atom. The Morgan fingerprint density at radius 3 is 2.67 bits per heavy atom. The third kappa shape index (κ3) is 5.95. The molecular formula is C30H40N6O3. The van der Waals surface area contributed by atoms with Gasteiger partial charge in [-0.05, 0) is 55.9 Å². The van der Waals surface area contributed by atoms with Crippen LogP contribution in [0.5, 0.6) is 5.75 Å². The molecule has 0 aliphatic heterocycles. The number of hydrogen-bond acceptors (Lipinski definition) is 8. The topological polar surface area (TPSA) is 130 Å². The van der Waals surface area contributed by atoms with Crippen LogP contribution in [-0.2, 0) is 13.1 Å². The van der Waals surface area contributed by atoms with Crippen LogP contribution in [0.3, 0.4) is 0 Å². The molecule has 0 radical (unpaired) electrons. The van der Waals surface area contributed by atoms with Crippen LogP contribution in [0.1, 0.15) is 56.6 Å². The van der Waals surface area contributed by atoms with E-state index in [0.29, 0.717) is 18.4 Å². The van der Waals surface area contributed by atoms with Gasteiger partial charge in [0, 0.05) is 23.5 Å². The van der Waals surface area contributed by atoms with Crippen molar-refractivity contribution >= 4 is 33.7 Å². The van der Waals surface area contributed by atoms with Gasteiger partial charge in [-0.3, -0.25) is 0 Å². The highest BCUT2D eigenvalue weighted by molar-refractivity contribution is 6.09. The number of fused-ring (bicyclic) bond motifs is 3. The van der Waals surface area contributed by atoms with Crippen molar-refractivity contribution in [1.29, 1.82) is 0 Å². The molecule has 2 heterocycles. The highest BCUT2D eigenvalue weighted by Gasteiger charge is 2.21. The van der Waals surface area contributed by atoms with Crippen molar-refractivity contribution in [1.82, 2.24) is 19.9 Å². The Morgan fingerprint density at radius 2 is 1.92 bits per heavy atom. The number of rotatable bonds is 11. The van der Waals surface area contributed by atoms with Crippen molar-refractivity contribution in [2.45, 2.75) is 76.7 Å². The molecule has 9 heteroatoms. The van der Waals surface area contributed by atoms with Gasteiger partial charge in [0.15, 0.2) is 5.82 Å². The quantitative estimate of drug-likeness (QED) is 0.194. The van der Waals surface area contributed by atoms with Gasteiger partial charge in [-0.15, -0.1) is 0 Å². The Labute approximate surface area is 229 Å². The Kier molecular flexibility index (Phi) is 8.50. The molecular weight excluding hydrogens is 492 g/mol. The van der Waals surface area contributed by atoms with E-state index in [0.717, 1.165) is 78.3 Å². The van der Waals surface area contributed by atoms with Crippen molar-refractivity contribution in [3.63, 3.8) is 0 Å². The number of aromatic nitrogens is 3. The van der Waals surface area contributed by atoms with Crippen molar-refractivity contribution in [2.75, 3.05) is 24.8 Å². The van der Waals surface area contributed by atoms with Gasteiger partial charge in [-0.1, -0.05) is 37.6 Å². The van der Waals surface area contributed by atoms with Crippen LogP contribution in [0.15, 0.2) is 42.5 Å². The SMILES string of the molecule is CCC[C@@H](CO)Nc1nc(N)nc2c3ccccc3n(Cc3cc(CNC4CCC(O)CC4)ccc3OC)c12. The highest BCUT2D eigenvalue weighted by Crippen LogP contribution is 2.34. The number of benzene rings is 2. The lowest BCUT2D eigenvalue weighted by Crippen LogP contribution is -2.34. The highest BCUT2D eigenvalue weighted by atomic mass is 16.5. The summed E-state index contributed by atoms with van der Waals surface area (Å²) in [6.07, 6.45) is 5.30. The number of para-hydroxylation sites is 1. The van der Waals surface area contributed by atoms with Gasteiger partial charge < -0.3 is 35.9 Å². The summed E-state index contributed by atoms with van der Waals surface area (Å²) in [6.45, 7) is 3.40. The fourth-order valence-electron chi connectivity index (χ4n) is 5.74. The summed E-state index contributed by atoms with van der Waals surface area (Å²) < 4.78 is 7.99. The van der Waals surface area contributed by atoms with Gasteiger partial charge in [0.05, 0.1) is 37.9 Å². The maximum Gasteiger partial charge on any atom is 0.222 e. The predicted octanol–water partition coefficient (Wildman–Crippen LogP) is 4.19. The van der Waals surface area contributed by atoms with Crippen molar-refractivity contribution in [3.8, 4) is 5.75 Å². The molecule has 1 aliphatic rings. The molecule has 0 spiro atoms. The van der Waals surface area contributed by atoms with Gasteiger partial charge >= 0.3 is 0 Å². The first kappa shape index (κ1) is 27.2. The zero-order valence-electron chi connectivity index (χ0n) is 22.9. The predicted molar refractivity (Wildman–Crippen MR) is 156 cm³/mol. The average molecular weight is 533 g/mol. The molecule has 1 atom stereocenters. The summed E-state index contributed by atoms with van der Waals surface area (Å²) in [6, 6.07) is 14.8. The van der Waals surface area contributed by atoms with Gasteiger partial charge in [-0.2, -0.15) is 4.98 Å². The lowest BCUT2D eigenvalue weighted by molar-refractivity contribution is 0.116. The fourth-order valence-corrected chi connectivity index (χ4v) is 5.74. The van der Waals surface area contributed by atoms with E-state index in [-0.39, 0.29) is 24.7 Å².